The van der Waals surface area contributed by atoms with Crippen LogP contribution >= 0.6 is 0 Å². The number of nitrogens with zero attached hydrogens (tertiary/aromatic N) is 2. The van der Waals surface area contributed by atoms with Gasteiger partial charge in [0, 0.05) is 32.5 Å². The Bertz CT molecular complexity index is 1330. The van der Waals surface area contributed by atoms with Crippen molar-refractivity contribution in [2.45, 2.75) is 51.6 Å². The number of ether oxygens (including phenoxy) is 1. The van der Waals surface area contributed by atoms with Crippen LogP contribution < -0.4 is 14.4 Å². The van der Waals surface area contributed by atoms with Gasteiger partial charge in [0.1, 0.15) is 11.8 Å². The number of nitrogens with one attached hydrogen (secondary N) is 1. The van der Waals surface area contributed by atoms with Gasteiger partial charge in [-0.3, -0.25) is 13.9 Å². The number of hydrogen-bond acceptors (Lipinski definition) is 5. The molecule has 0 spiro atoms. The monoisotopic (exact) mass is 579 g/mol. The smallest absolute Gasteiger partial charge is 0.243 e. The van der Waals surface area contributed by atoms with Crippen LogP contribution in [-0.2, 0) is 32.6 Å². The number of amides is 2. The van der Waals surface area contributed by atoms with Gasteiger partial charge < -0.3 is 15.0 Å². The molecular weight excluding hydrogens is 538 g/mol. The number of hydrogen-bond donors (Lipinski definition) is 1. The van der Waals surface area contributed by atoms with E-state index in [1.165, 1.54) is 4.31 Å². The van der Waals surface area contributed by atoms with Gasteiger partial charge in [0.05, 0.1) is 19.1 Å². The number of anilines is 1. The van der Waals surface area contributed by atoms with Crippen molar-refractivity contribution in [1.29, 1.82) is 0 Å². The zero-order valence-corrected chi connectivity index (χ0v) is 25.0. The molecule has 3 rings (SSSR count). The highest BCUT2D eigenvalue weighted by atomic mass is 32.2. The predicted octanol–water partition coefficient (Wildman–Crippen LogP) is 4.80. The maximum absolute atomic E-state index is 13.8. The van der Waals surface area contributed by atoms with Gasteiger partial charge in [0.25, 0.3) is 0 Å². The third-order valence-corrected chi connectivity index (χ3v) is 8.00. The van der Waals surface area contributed by atoms with Crippen LogP contribution in [0.15, 0.2) is 84.9 Å². The lowest BCUT2D eigenvalue weighted by atomic mass is 10.0. The van der Waals surface area contributed by atoms with Crippen molar-refractivity contribution in [3.63, 3.8) is 0 Å². The van der Waals surface area contributed by atoms with E-state index in [9.17, 15) is 18.0 Å². The largest absolute Gasteiger partial charge is 0.497 e. The van der Waals surface area contributed by atoms with Crippen LogP contribution in [0.25, 0.3) is 0 Å². The van der Waals surface area contributed by atoms with E-state index < -0.39 is 16.1 Å². The molecular formula is C32H41N3O5S. The molecule has 3 aromatic rings. The van der Waals surface area contributed by atoms with E-state index in [1.54, 1.807) is 36.3 Å². The Hall–Kier alpha value is -3.85. The highest BCUT2D eigenvalue weighted by molar-refractivity contribution is 7.92. The van der Waals surface area contributed by atoms with Gasteiger partial charge in [-0.05, 0) is 48.2 Å². The molecule has 0 fully saturated rings. The Kier molecular flexibility index (Phi) is 12.2. The van der Waals surface area contributed by atoms with E-state index in [4.69, 9.17) is 4.74 Å². The number of carbonyl (C=O) groups is 2. The lowest BCUT2D eigenvalue weighted by Crippen LogP contribution is -2.50. The van der Waals surface area contributed by atoms with Crippen LogP contribution in [-0.4, -0.2) is 57.6 Å². The number of carbonyl (C=O) groups excluding carboxylic acids is 2. The molecule has 9 heteroatoms. The lowest BCUT2D eigenvalue weighted by molar-refractivity contribution is -0.141. The van der Waals surface area contributed by atoms with Gasteiger partial charge in [-0.1, -0.05) is 74.0 Å². The highest BCUT2D eigenvalue weighted by Gasteiger charge is 2.30. The Labute approximate surface area is 244 Å². The minimum absolute atomic E-state index is 0.0859. The molecule has 220 valence electrons. The van der Waals surface area contributed by atoms with Gasteiger partial charge in [-0.2, -0.15) is 0 Å². The molecule has 0 heterocycles. The quantitative estimate of drug-likeness (QED) is 0.246. The van der Waals surface area contributed by atoms with Crippen LogP contribution in [0.3, 0.4) is 0 Å². The van der Waals surface area contributed by atoms with E-state index in [1.807, 2.05) is 60.7 Å². The van der Waals surface area contributed by atoms with Gasteiger partial charge in [-0.15, -0.1) is 0 Å². The van der Waals surface area contributed by atoms with Crippen molar-refractivity contribution in [2.24, 2.45) is 0 Å². The number of methoxy groups -OCH3 is 1. The average molecular weight is 580 g/mol. The molecule has 2 amide bonds. The van der Waals surface area contributed by atoms with E-state index in [0.717, 1.165) is 30.2 Å². The SMILES string of the molecule is CCCCNC(=O)[C@@H](Cc1ccccc1)N(Cc1ccccc1)C(=O)CCCN(c1ccc(OC)cc1)S(C)(=O)=O. The first-order valence-electron chi connectivity index (χ1n) is 14.0. The molecule has 1 atom stereocenters. The summed E-state index contributed by atoms with van der Waals surface area (Å²) < 4.78 is 31.7. The maximum Gasteiger partial charge on any atom is 0.243 e. The molecule has 0 aliphatic carbocycles. The fourth-order valence-corrected chi connectivity index (χ4v) is 5.56. The molecule has 8 nitrogen and oxygen atoms in total. The average Bonchev–Trinajstić information content (AvgIpc) is 2.97. The summed E-state index contributed by atoms with van der Waals surface area (Å²) in [5.41, 5.74) is 2.37. The Morgan fingerprint density at radius 2 is 1.49 bits per heavy atom. The maximum atomic E-state index is 13.8. The molecule has 0 aliphatic heterocycles. The van der Waals surface area contributed by atoms with E-state index >= 15 is 0 Å². The van der Waals surface area contributed by atoms with Crippen molar-refractivity contribution >= 4 is 27.5 Å². The summed E-state index contributed by atoms with van der Waals surface area (Å²) in [6.45, 7) is 3.00. The fourth-order valence-electron chi connectivity index (χ4n) is 4.59. The van der Waals surface area contributed by atoms with Gasteiger partial charge in [0.15, 0.2) is 0 Å². The van der Waals surface area contributed by atoms with Crippen LogP contribution in [0, 0.1) is 0 Å². The topological polar surface area (TPSA) is 96.0 Å². The zero-order valence-electron chi connectivity index (χ0n) is 24.2. The van der Waals surface area contributed by atoms with Crippen LogP contribution in [0.1, 0.15) is 43.7 Å². The summed E-state index contributed by atoms with van der Waals surface area (Å²) in [7, 11) is -2.04. The number of rotatable bonds is 16. The normalized spacial score (nSPS) is 11.9. The van der Waals surface area contributed by atoms with E-state index in [-0.39, 0.29) is 31.3 Å². The molecule has 0 saturated heterocycles. The molecule has 41 heavy (non-hydrogen) atoms. The lowest BCUT2D eigenvalue weighted by Gasteiger charge is -2.32. The van der Waals surface area contributed by atoms with Crippen molar-refractivity contribution in [3.8, 4) is 5.75 Å². The van der Waals surface area contributed by atoms with Crippen LogP contribution in [0.5, 0.6) is 5.75 Å². The first kappa shape index (κ1) is 31.7. The molecule has 3 aromatic carbocycles. The molecule has 0 bridgehead atoms. The minimum Gasteiger partial charge on any atom is -0.497 e. The third kappa shape index (κ3) is 9.93. The minimum atomic E-state index is -3.58. The molecule has 0 aromatic heterocycles. The van der Waals surface area contributed by atoms with Crippen molar-refractivity contribution in [2.75, 3.05) is 30.8 Å². The van der Waals surface area contributed by atoms with E-state index in [2.05, 4.69) is 12.2 Å². The summed E-state index contributed by atoms with van der Waals surface area (Å²) in [6, 6.07) is 25.3. The van der Waals surface area contributed by atoms with Gasteiger partial charge in [0.2, 0.25) is 21.8 Å². The number of unbranched alkanes of at least 4 members (excludes halogenated alkanes) is 1. The first-order valence-corrected chi connectivity index (χ1v) is 15.8. The standard InChI is InChI=1S/C32H41N3O5S/c1-4-5-22-33-32(37)30(24-26-13-8-6-9-14-26)34(25-27-15-10-7-11-16-27)31(36)17-12-23-35(41(3,38)39)28-18-20-29(40-2)21-19-28/h6-11,13-16,18-21,30H,4-5,12,17,22-25H2,1-3H3,(H,33,37)/t30-/m1/s1. The third-order valence-electron chi connectivity index (χ3n) is 6.81. The molecule has 1 N–H and O–H groups in total. The molecule has 0 radical (unpaired) electrons. The van der Waals surface area contributed by atoms with Crippen LogP contribution in [0.4, 0.5) is 5.69 Å². The first-order chi connectivity index (χ1) is 19.7. The second-order valence-corrected chi connectivity index (χ2v) is 11.9. The van der Waals surface area contributed by atoms with Crippen LogP contribution in [0.2, 0.25) is 0 Å². The summed E-state index contributed by atoms with van der Waals surface area (Å²) in [4.78, 5) is 29.0. The molecule has 0 saturated carbocycles. The summed E-state index contributed by atoms with van der Waals surface area (Å²) in [5, 5.41) is 3.02. The highest BCUT2D eigenvalue weighted by Crippen LogP contribution is 2.23. The summed E-state index contributed by atoms with van der Waals surface area (Å²) >= 11 is 0. The Balaban J connectivity index is 1.83. The van der Waals surface area contributed by atoms with E-state index in [0.29, 0.717) is 30.8 Å². The van der Waals surface area contributed by atoms with Crippen molar-refractivity contribution < 1.29 is 22.7 Å². The Morgan fingerprint density at radius 3 is 2.05 bits per heavy atom. The summed E-state index contributed by atoms with van der Waals surface area (Å²) in [6.07, 6.45) is 3.70. The summed E-state index contributed by atoms with van der Waals surface area (Å²) in [5.74, 6) is 0.224. The van der Waals surface area contributed by atoms with Gasteiger partial charge in [-0.25, -0.2) is 8.42 Å². The van der Waals surface area contributed by atoms with Gasteiger partial charge >= 0.3 is 0 Å². The molecule has 0 unspecified atom stereocenters. The predicted molar refractivity (Wildman–Crippen MR) is 163 cm³/mol. The van der Waals surface area contributed by atoms with Crippen molar-refractivity contribution in [1.82, 2.24) is 10.2 Å². The zero-order chi connectivity index (χ0) is 29.7. The number of sulfonamides is 1. The Morgan fingerprint density at radius 1 is 0.878 bits per heavy atom. The second kappa shape index (κ2) is 15.8. The fraction of sp³-hybridized carbons (Fsp3) is 0.375. The molecule has 0 aliphatic rings. The van der Waals surface area contributed by atoms with Crippen molar-refractivity contribution in [3.05, 3.63) is 96.1 Å². The number of benzene rings is 3. The second-order valence-electron chi connectivity index (χ2n) is 9.99.